The normalized spacial score (nSPS) is 11.7. The summed E-state index contributed by atoms with van der Waals surface area (Å²) in [5.41, 5.74) is 0.174. The van der Waals surface area contributed by atoms with Crippen LogP contribution in [0.25, 0.3) is 0 Å². The second-order valence-electron chi connectivity index (χ2n) is 4.36. The molecule has 0 aliphatic heterocycles. The van der Waals surface area contributed by atoms with E-state index in [0.717, 1.165) is 12.8 Å². The van der Waals surface area contributed by atoms with E-state index in [-0.39, 0.29) is 11.4 Å². The molecule has 86 valence electrons. The summed E-state index contributed by atoms with van der Waals surface area (Å²) in [6.45, 7) is 10.3. The number of rotatable bonds is 7. The number of ether oxygens (including phenoxy) is 1. The van der Waals surface area contributed by atoms with Gasteiger partial charge in [-0.05, 0) is 18.3 Å². The van der Waals surface area contributed by atoms with E-state index in [4.69, 9.17) is 4.74 Å². The molecule has 0 bridgehead atoms. The van der Waals surface area contributed by atoms with Crippen LogP contribution in [0.2, 0.25) is 0 Å². The van der Waals surface area contributed by atoms with Crippen LogP contribution in [0.1, 0.15) is 40.0 Å². The van der Waals surface area contributed by atoms with E-state index in [0.29, 0.717) is 13.0 Å². The average Bonchev–Trinajstić information content (AvgIpc) is 2.17. The quantitative estimate of drug-likeness (QED) is 0.475. The molecule has 0 radical (unpaired) electrons. The third-order valence-corrected chi connectivity index (χ3v) is 2.27. The molecule has 0 saturated heterocycles. The molecule has 0 N–H and O–H groups in total. The first kappa shape index (κ1) is 13.9. The highest BCUT2D eigenvalue weighted by Crippen LogP contribution is 2.25. The predicted octanol–water partition coefficient (Wildman–Crippen LogP) is 3.49. The summed E-state index contributed by atoms with van der Waals surface area (Å²) in [5, 5.41) is 0. The Bertz CT molecular complexity index is 227. The molecular formula is C13H22O2. The molecule has 2 nitrogen and oxygen atoms in total. The monoisotopic (exact) mass is 210 g/mol. The van der Waals surface area contributed by atoms with E-state index in [1.807, 2.05) is 6.08 Å². The summed E-state index contributed by atoms with van der Waals surface area (Å²) in [6.07, 6.45) is 8.13. The van der Waals surface area contributed by atoms with Gasteiger partial charge in [0.15, 0.2) is 0 Å². The second kappa shape index (κ2) is 7.27. The summed E-state index contributed by atoms with van der Waals surface area (Å²) in [7, 11) is 0. The van der Waals surface area contributed by atoms with Crippen molar-refractivity contribution < 1.29 is 9.53 Å². The first-order valence-electron chi connectivity index (χ1n) is 5.45. The minimum absolute atomic E-state index is 0.118. The number of carbonyl (C=O) groups is 1. The van der Waals surface area contributed by atoms with E-state index < -0.39 is 0 Å². The summed E-state index contributed by atoms with van der Waals surface area (Å²) in [4.78, 5) is 10.9. The third-order valence-electron chi connectivity index (χ3n) is 2.27. The summed E-state index contributed by atoms with van der Waals surface area (Å²) < 4.78 is 5.05. The Morgan fingerprint density at radius 3 is 2.67 bits per heavy atom. The standard InChI is InChI=1S/C13H22O2/c1-5-7-8-9-13(3,4)10-11-15-12(14)6-2/h5,7-8H,1,6,9-11H2,2-4H3/b8-7+. The van der Waals surface area contributed by atoms with Crippen LogP contribution in [-0.2, 0) is 9.53 Å². The van der Waals surface area contributed by atoms with E-state index in [2.05, 4.69) is 26.5 Å². The van der Waals surface area contributed by atoms with Crippen LogP contribution in [0.3, 0.4) is 0 Å². The van der Waals surface area contributed by atoms with Gasteiger partial charge in [-0.15, -0.1) is 0 Å². The van der Waals surface area contributed by atoms with Gasteiger partial charge < -0.3 is 4.74 Å². The van der Waals surface area contributed by atoms with Crippen LogP contribution in [0, 0.1) is 5.41 Å². The van der Waals surface area contributed by atoms with Gasteiger partial charge in [-0.1, -0.05) is 45.6 Å². The highest BCUT2D eigenvalue weighted by atomic mass is 16.5. The maximum atomic E-state index is 10.9. The fourth-order valence-electron chi connectivity index (χ4n) is 1.13. The predicted molar refractivity (Wildman–Crippen MR) is 63.6 cm³/mol. The molecule has 0 heterocycles. The lowest BCUT2D eigenvalue weighted by Gasteiger charge is -2.22. The summed E-state index contributed by atoms with van der Waals surface area (Å²) in [6, 6.07) is 0. The molecule has 0 unspecified atom stereocenters. The first-order valence-corrected chi connectivity index (χ1v) is 5.45. The molecule has 0 spiro atoms. The van der Waals surface area contributed by atoms with Crippen molar-refractivity contribution in [2.45, 2.75) is 40.0 Å². The summed E-state index contributed by atoms with van der Waals surface area (Å²) >= 11 is 0. The van der Waals surface area contributed by atoms with Crippen LogP contribution in [0.15, 0.2) is 24.8 Å². The smallest absolute Gasteiger partial charge is 0.305 e. The van der Waals surface area contributed by atoms with Crippen LogP contribution < -0.4 is 0 Å². The zero-order chi connectivity index (χ0) is 11.7. The Balaban J connectivity index is 3.77. The zero-order valence-corrected chi connectivity index (χ0v) is 10.1. The van der Waals surface area contributed by atoms with E-state index in [9.17, 15) is 4.79 Å². The SMILES string of the molecule is C=C/C=C/CC(C)(C)CCOC(=O)CC. The molecule has 0 saturated carbocycles. The van der Waals surface area contributed by atoms with Crippen molar-refractivity contribution in [2.24, 2.45) is 5.41 Å². The van der Waals surface area contributed by atoms with Gasteiger partial charge in [0, 0.05) is 6.42 Å². The number of allylic oxidation sites excluding steroid dienone is 3. The molecule has 0 rings (SSSR count). The third kappa shape index (κ3) is 7.98. The maximum Gasteiger partial charge on any atom is 0.305 e. The van der Waals surface area contributed by atoms with Gasteiger partial charge in [-0.25, -0.2) is 0 Å². The van der Waals surface area contributed by atoms with Gasteiger partial charge in [0.2, 0.25) is 0 Å². The Hall–Kier alpha value is -1.05. The molecule has 0 fully saturated rings. The Morgan fingerprint density at radius 2 is 2.13 bits per heavy atom. The average molecular weight is 210 g/mol. The van der Waals surface area contributed by atoms with E-state index >= 15 is 0 Å². The molecule has 0 aliphatic carbocycles. The van der Waals surface area contributed by atoms with Crippen molar-refractivity contribution in [3.05, 3.63) is 24.8 Å². The van der Waals surface area contributed by atoms with Crippen LogP contribution in [-0.4, -0.2) is 12.6 Å². The lowest BCUT2D eigenvalue weighted by atomic mass is 9.86. The van der Waals surface area contributed by atoms with Crippen LogP contribution in [0.5, 0.6) is 0 Å². The number of esters is 1. The molecule has 0 aromatic heterocycles. The van der Waals surface area contributed by atoms with Gasteiger partial charge in [0.05, 0.1) is 6.61 Å². The minimum atomic E-state index is -0.118. The lowest BCUT2D eigenvalue weighted by Crippen LogP contribution is -2.15. The van der Waals surface area contributed by atoms with E-state index in [1.54, 1.807) is 13.0 Å². The summed E-state index contributed by atoms with van der Waals surface area (Å²) in [5.74, 6) is -0.118. The molecule has 0 aromatic rings. The molecule has 15 heavy (non-hydrogen) atoms. The van der Waals surface area contributed by atoms with Gasteiger partial charge >= 0.3 is 5.97 Å². The van der Waals surface area contributed by atoms with Gasteiger partial charge in [0.25, 0.3) is 0 Å². The minimum Gasteiger partial charge on any atom is -0.466 e. The fourth-order valence-corrected chi connectivity index (χ4v) is 1.13. The van der Waals surface area contributed by atoms with Crippen molar-refractivity contribution in [3.63, 3.8) is 0 Å². The van der Waals surface area contributed by atoms with Crippen LogP contribution >= 0.6 is 0 Å². The van der Waals surface area contributed by atoms with E-state index in [1.165, 1.54) is 0 Å². The molecule has 0 amide bonds. The molecular weight excluding hydrogens is 188 g/mol. The van der Waals surface area contributed by atoms with Crippen molar-refractivity contribution in [2.75, 3.05) is 6.61 Å². The van der Waals surface area contributed by atoms with Gasteiger partial charge in [-0.2, -0.15) is 0 Å². The zero-order valence-electron chi connectivity index (χ0n) is 10.1. The van der Waals surface area contributed by atoms with Crippen LogP contribution in [0.4, 0.5) is 0 Å². The Kier molecular flexibility index (Phi) is 6.76. The first-order chi connectivity index (χ1) is 7.02. The maximum absolute atomic E-state index is 10.9. The number of hydrogen-bond donors (Lipinski definition) is 0. The number of hydrogen-bond acceptors (Lipinski definition) is 2. The highest BCUT2D eigenvalue weighted by molar-refractivity contribution is 5.68. The largest absolute Gasteiger partial charge is 0.466 e. The topological polar surface area (TPSA) is 26.3 Å². The Morgan fingerprint density at radius 1 is 1.47 bits per heavy atom. The van der Waals surface area contributed by atoms with Crippen molar-refractivity contribution >= 4 is 5.97 Å². The lowest BCUT2D eigenvalue weighted by molar-refractivity contribution is -0.143. The van der Waals surface area contributed by atoms with Crippen molar-refractivity contribution in [3.8, 4) is 0 Å². The Labute approximate surface area is 93.0 Å². The van der Waals surface area contributed by atoms with Crippen molar-refractivity contribution in [1.82, 2.24) is 0 Å². The fraction of sp³-hybridized carbons (Fsp3) is 0.615. The van der Waals surface area contributed by atoms with Gasteiger partial charge in [-0.3, -0.25) is 4.79 Å². The van der Waals surface area contributed by atoms with Crippen molar-refractivity contribution in [1.29, 1.82) is 0 Å². The highest BCUT2D eigenvalue weighted by Gasteiger charge is 2.16. The molecule has 2 heteroatoms. The molecule has 0 aliphatic rings. The molecule has 0 atom stereocenters. The van der Waals surface area contributed by atoms with Gasteiger partial charge in [0.1, 0.15) is 0 Å². The second-order valence-corrected chi connectivity index (χ2v) is 4.36. The molecule has 0 aromatic carbocycles. The number of carbonyl (C=O) groups excluding carboxylic acids is 1.